The van der Waals surface area contributed by atoms with E-state index in [-0.39, 0.29) is 0 Å². The molecule has 0 unspecified atom stereocenters. The van der Waals surface area contributed by atoms with E-state index in [4.69, 9.17) is 0 Å². The van der Waals surface area contributed by atoms with Crippen molar-refractivity contribution in [3.63, 3.8) is 0 Å². The van der Waals surface area contributed by atoms with Crippen LogP contribution in [-0.2, 0) is 0 Å². The van der Waals surface area contributed by atoms with Crippen LogP contribution in [0.2, 0.25) is 0 Å². The largest absolute Gasteiger partial charge is 0.292 e. The molecule has 0 aromatic heterocycles. The summed E-state index contributed by atoms with van der Waals surface area (Å²) in [6.45, 7) is 13.2. The van der Waals surface area contributed by atoms with Crippen molar-refractivity contribution in [2.75, 3.05) is 7.05 Å². The molecule has 1 saturated carbocycles. The second-order valence-corrected chi connectivity index (χ2v) is 6.55. The van der Waals surface area contributed by atoms with E-state index < -0.39 is 0 Å². The van der Waals surface area contributed by atoms with E-state index in [9.17, 15) is 0 Å². The lowest BCUT2D eigenvalue weighted by Gasteiger charge is -2.37. The van der Waals surface area contributed by atoms with Gasteiger partial charge in [-0.25, -0.2) is 0 Å². The SMILES string of the molecule is C=C(C)C(/C(CC)=N\C)=C(/C)CC1(CC)CCCCC1. The van der Waals surface area contributed by atoms with E-state index in [1.54, 1.807) is 0 Å². The summed E-state index contributed by atoms with van der Waals surface area (Å²) in [6.07, 6.45) is 10.6. The van der Waals surface area contributed by atoms with Crippen LogP contribution < -0.4 is 0 Å². The Hall–Kier alpha value is -0.850. The van der Waals surface area contributed by atoms with Gasteiger partial charge in [0, 0.05) is 12.8 Å². The van der Waals surface area contributed by atoms with Gasteiger partial charge in [0.15, 0.2) is 0 Å². The molecule has 0 spiro atoms. The molecule has 1 nitrogen and oxygen atoms in total. The third kappa shape index (κ3) is 4.07. The fraction of sp³-hybridized carbons (Fsp3) is 0.737. The van der Waals surface area contributed by atoms with Crippen molar-refractivity contribution in [2.45, 2.75) is 79.1 Å². The summed E-state index contributed by atoms with van der Waals surface area (Å²) >= 11 is 0. The van der Waals surface area contributed by atoms with Crippen molar-refractivity contribution in [2.24, 2.45) is 10.4 Å². The first-order valence-corrected chi connectivity index (χ1v) is 8.31. The molecular weight excluding hydrogens is 242 g/mol. The number of hydrogen-bond acceptors (Lipinski definition) is 1. The van der Waals surface area contributed by atoms with Crippen LogP contribution in [0.25, 0.3) is 0 Å². The van der Waals surface area contributed by atoms with Gasteiger partial charge in [-0.3, -0.25) is 4.99 Å². The van der Waals surface area contributed by atoms with E-state index in [0.29, 0.717) is 5.41 Å². The van der Waals surface area contributed by atoms with Crippen LogP contribution in [0.1, 0.15) is 79.1 Å². The zero-order chi connectivity index (χ0) is 15.2. The number of rotatable bonds is 6. The fourth-order valence-corrected chi connectivity index (χ4v) is 3.91. The van der Waals surface area contributed by atoms with Crippen molar-refractivity contribution >= 4 is 5.71 Å². The molecule has 0 atom stereocenters. The molecule has 1 aliphatic rings. The Morgan fingerprint density at radius 3 is 2.10 bits per heavy atom. The van der Waals surface area contributed by atoms with E-state index in [0.717, 1.165) is 6.42 Å². The van der Waals surface area contributed by atoms with Crippen molar-refractivity contribution < 1.29 is 0 Å². The highest BCUT2D eigenvalue weighted by Gasteiger charge is 2.31. The minimum absolute atomic E-state index is 0.537. The minimum atomic E-state index is 0.537. The summed E-state index contributed by atoms with van der Waals surface area (Å²) in [5.74, 6) is 0. The monoisotopic (exact) mass is 275 g/mol. The molecule has 0 N–H and O–H groups in total. The number of allylic oxidation sites excluding steroid dienone is 3. The first-order chi connectivity index (χ1) is 9.49. The highest BCUT2D eigenvalue weighted by molar-refractivity contribution is 6.04. The van der Waals surface area contributed by atoms with Crippen LogP contribution >= 0.6 is 0 Å². The molecule has 0 aromatic rings. The summed E-state index contributed by atoms with van der Waals surface area (Å²) in [4.78, 5) is 4.49. The molecule has 0 aliphatic heterocycles. The van der Waals surface area contributed by atoms with Gasteiger partial charge in [0.25, 0.3) is 0 Å². The normalized spacial score (nSPS) is 20.6. The second-order valence-electron chi connectivity index (χ2n) is 6.55. The fourth-order valence-electron chi connectivity index (χ4n) is 3.91. The average Bonchev–Trinajstić information content (AvgIpc) is 2.44. The van der Waals surface area contributed by atoms with E-state index in [1.165, 1.54) is 67.4 Å². The first kappa shape index (κ1) is 17.2. The average molecular weight is 275 g/mol. The molecule has 1 fully saturated rings. The second kappa shape index (κ2) is 7.81. The van der Waals surface area contributed by atoms with Gasteiger partial charge in [-0.05, 0) is 56.1 Å². The van der Waals surface area contributed by atoms with Crippen LogP contribution in [0.3, 0.4) is 0 Å². The molecule has 0 amide bonds. The van der Waals surface area contributed by atoms with Crippen LogP contribution in [-0.4, -0.2) is 12.8 Å². The van der Waals surface area contributed by atoms with Crippen molar-refractivity contribution in [3.8, 4) is 0 Å². The summed E-state index contributed by atoms with van der Waals surface area (Å²) in [7, 11) is 1.91. The van der Waals surface area contributed by atoms with Gasteiger partial charge in [-0.1, -0.05) is 51.7 Å². The molecule has 114 valence electrons. The molecular formula is C19H33N. The molecule has 0 heterocycles. The minimum Gasteiger partial charge on any atom is -0.292 e. The van der Waals surface area contributed by atoms with Gasteiger partial charge in [-0.15, -0.1) is 0 Å². The molecule has 0 bridgehead atoms. The summed E-state index contributed by atoms with van der Waals surface area (Å²) in [5, 5.41) is 0. The Bertz CT molecular complexity index is 392. The standard InChI is InChI=1S/C19H33N/c1-7-17(20-6)18(15(3)4)16(5)14-19(8-2)12-10-9-11-13-19/h3,7-14H2,1-2,4-6H3/b18-16+,20-17-. The van der Waals surface area contributed by atoms with Gasteiger partial charge in [-0.2, -0.15) is 0 Å². The number of nitrogens with zero attached hydrogens (tertiary/aromatic N) is 1. The lowest BCUT2D eigenvalue weighted by molar-refractivity contribution is 0.179. The highest BCUT2D eigenvalue weighted by Crippen LogP contribution is 2.44. The molecule has 1 heteroatoms. The summed E-state index contributed by atoms with van der Waals surface area (Å²) in [6, 6.07) is 0. The third-order valence-corrected chi connectivity index (χ3v) is 5.05. The van der Waals surface area contributed by atoms with Gasteiger partial charge in [0.2, 0.25) is 0 Å². The predicted molar refractivity (Wildman–Crippen MR) is 91.6 cm³/mol. The van der Waals surface area contributed by atoms with Crippen molar-refractivity contribution in [3.05, 3.63) is 23.3 Å². The van der Waals surface area contributed by atoms with Gasteiger partial charge >= 0.3 is 0 Å². The van der Waals surface area contributed by atoms with Crippen LogP contribution in [0.15, 0.2) is 28.3 Å². The van der Waals surface area contributed by atoms with E-state index in [2.05, 4.69) is 39.3 Å². The smallest absolute Gasteiger partial charge is 0.0416 e. The van der Waals surface area contributed by atoms with Crippen molar-refractivity contribution in [1.82, 2.24) is 0 Å². The maximum Gasteiger partial charge on any atom is 0.0416 e. The maximum absolute atomic E-state index is 4.49. The third-order valence-electron chi connectivity index (χ3n) is 5.05. The molecule has 0 radical (unpaired) electrons. The Morgan fingerprint density at radius 1 is 1.10 bits per heavy atom. The van der Waals surface area contributed by atoms with Gasteiger partial charge < -0.3 is 0 Å². The first-order valence-electron chi connectivity index (χ1n) is 8.31. The molecule has 1 rings (SSSR count). The van der Waals surface area contributed by atoms with Crippen molar-refractivity contribution in [1.29, 1.82) is 0 Å². The zero-order valence-electron chi connectivity index (χ0n) is 14.3. The Kier molecular flexibility index (Phi) is 6.71. The number of aliphatic imine (C=N–C) groups is 1. The van der Waals surface area contributed by atoms with E-state index in [1.807, 2.05) is 7.05 Å². The summed E-state index contributed by atoms with van der Waals surface area (Å²) < 4.78 is 0. The highest BCUT2D eigenvalue weighted by atomic mass is 14.7. The summed E-state index contributed by atoms with van der Waals surface area (Å²) in [5.41, 5.74) is 5.77. The predicted octanol–water partition coefficient (Wildman–Crippen LogP) is 6.11. The van der Waals surface area contributed by atoms with Gasteiger partial charge in [0.1, 0.15) is 0 Å². The maximum atomic E-state index is 4.49. The number of hydrogen-bond donors (Lipinski definition) is 0. The van der Waals surface area contributed by atoms with Crippen LogP contribution in [0.5, 0.6) is 0 Å². The van der Waals surface area contributed by atoms with Crippen LogP contribution in [0.4, 0.5) is 0 Å². The molecule has 0 aromatic carbocycles. The zero-order valence-corrected chi connectivity index (χ0v) is 14.3. The topological polar surface area (TPSA) is 12.4 Å². The quantitative estimate of drug-likeness (QED) is 0.409. The Morgan fingerprint density at radius 2 is 1.70 bits per heavy atom. The molecule has 0 saturated heterocycles. The Balaban J connectivity index is 3.06. The van der Waals surface area contributed by atoms with Crippen LogP contribution in [0, 0.1) is 5.41 Å². The molecule has 20 heavy (non-hydrogen) atoms. The lowest BCUT2D eigenvalue weighted by atomic mass is 9.68. The van der Waals surface area contributed by atoms with Gasteiger partial charge in [0.05, 0.1) is 0 Å². The molecule has 1 aliphatic carbocycles. The Labute approximate surface area is 126 Å². The van der Waals surface area contributed by atoms with E-state index >= 15 is 0 Å². The lowest BCUT2D eigenvalue weighted by Crippen LogP contribution is -2.24.